The molecule has 0 aromatic heterocycles. The van der Waals surface area contributed by atoms with Gasteiger partial charge < -0.3 is 63.1 Å². The van der Waals surface area contributed by atoms with Crippen LogP contribution in [0.1, 0.15) is 161 Å². The molecule has 2 N–H and O–H groups in total. The van der Waals surface area contributed by atoms with Gasteiger partial charge in [0.25, 0.3) is 0 Å². The summed E-state index contributed by atoms with van der Waals surface area (Å²) in [5.74, 6) is 0. The molecule has 476 valence electrons. The molecule has 0 unspecified atom stereocenters. The van der Waals surface area contributed by atoms with Gasteiger partial charge in [-0.3, -0.25) is 7.32 Å². The molecule has 0 atom stereocenters. The molecule has 0 aliphatic carbocycles. The smallest absolute Gasteiger partial charge is 0.907 e. The van der Waals surface area contributed by atoms with Crippen LogP contribution in [0, 0.1) is 27.7 Å². The van der Waals surface area contributed by atoms with E-state index in [0.717, 1.165) is 6.82 Å². The molecule has 0 radical (unpaired) electrons. The average molecular weight is 2250 g/mol. The third-order valence-corrected chi connectivity index (χ3v) is 10.9. The first kappa shape index (κ1) is 127. The average Bonchev–Trinajstić information content (AvgIpc) is 3.84. The molecule has 3 aliphatic heterocycles. The monoisotopic (exact) mass is 2250 g/mol. The minimum atomic E-state index is -2.92. The van der Waals surface area contributed by atoms with Gasteiger partial charge in [-0.25, -0.2) is 0 Å². The Morgan fingerprint density at radius 2 is 0.460 bits per heavy atom. The molecule has 3 saturated heterocycles. The zero-order valence-electron chi connectivity index (χ0n) is 59.7. The van der Waals surface area contributed by atoms with Crippen molar-refractivity contribution in [3.8, 4) is 0 Å². The Morgan fingerprint density at radius 1 is 0.356 bits per heavy atom. The van der Waals surface area contributed by atoms with Crippen LogP contribution in [0.4, 0.5) is 0 Å². The number of aryl methyl sites for hydroxylation is 4. The van der Waals surface area contributed by atoms with Crippen LogP contribution >= 0.6 is 74.5 Å². The van der Waals surface area contributed by atoms with Crippen molar-refractivity contribution in [3.05, 3.63) is 144 Å². The van der Waals surface area contributed by atoms with Crippen LogP contribution in [0.5, 0.6) is 0 Å². The number of benzene rings is 4. The standard InChI is InChI=1S/C12H24B2O4.C7H15BO2.4C7H8.4C2H6.CH5BO2.CH3BO2.BO3.2I3.5Rb/c1-9(2)10(3,4)16-13(15-9)14-17-11(5,6)12(7,8)18-14;1-6(2)7(3,4)10-8(5)9-6;4*1-7-5-3-2-4-6-7;4*1-2;2*1-2(3)4;2-1(3)4;2*1-3-2;;;;;/h1-8H3;1-5H3;4*2-6H,1H3;4*1-2H3;3-4H,1H3;1H3;;;;;;;;/q;;;;;;;;;;;-2;-3;2*-1;5*+1. The Morgan fingerprint density at radius 3 is 0.529 bits per heavy atom. The van der Waals surface area contributed by atoms with Crippen LogP contribution < -0.4 is 343 Å². The zero-order chi connectivity index (χ0) is 66.6. The Kier molecular flexibility index (Phi) is 117. The third-order valence-electron chi connectivity index (χ3n) is 10.9. The molecule has 3 fully saturated rings. The van der Waals surface area contributed by atoms with Crippen LogP contribution in [0.25, 0.3) is 0 Å². The topological polar surface area (TPSA) is 211 Å². The largest absolute Gasteiger partial charge is 1.00 e. The van der Waals surface area contributed by atoms with Gasteiger partial charge in [0.2, 0.25) is 0 Å². The van der Waals surface area contributed by atoms with Gasteiger partial charge in [0, 0.05) is 0 Å². The summed E-state index contributed by atoms with van der Waals surface area (Å²) in [5, 5.41) is 58.4. The van der Waals surface area contributed by atoms with Gasteiger partial charge in [-0.05, 0) is 124 Å². The summed E-state index contributed by atoms with van der Waals surface area (Å²) in [6, 6.07) is 41.0. The predicted octanol–water partition coefficient (Wildman–Crippen LogP) is -8.42. The van der Waals surface area contributed by atoms with Crippen LogP contribution in [-0.2, 0) is 27.9 Å². The molecule has 0 spiro atoms. The van der Waals surface area contributed by atoms with E-state index in [2.05, 4.69) is 178 Å². The van der Waals surface area contributed by atoms with E-state index in [9.17, 15) is 0 Å². The molecule has 3 aliphatic rings. The van der Waals surface area contributed by atoms with Crippen LogP contribution in [0.15, 0.2) is 121 Å². The zero-order valence-corrected chi connectivity index (χ0v) is 97.2. The first-order chi connectivity index (χ1) is 37.8. The molecular weight excluding hydrogens is 2150 g/mol. The summed E-state index contributed by atoms with van der Waals surface area (Å²) in [4.78, 5) is 0. The van der Waals surface area contributed by atoms with E-state index < -0.39 is 35.6 Å². The number of hydrogen-bond donors (Lipinski definition) is 2. The van der Waals surface area contributed by atoms with Crippen LogP contribution in [-0.4, -0.2) is 86.3 Å². The van der Waals surface area contributed by atoms with Gasteiger partial charge in [0.1, 0.15) is 0 Å². The molecule has 87 heavy (non-hydrogen) atoms. The minimum Gasteiger partial charge on any atom is -0.907 e. The van der Waals surface area contributed by atoms with Crippen molar-refractivity contribution >= 4 is 117 Å². The van der Waals surface area contributed by atoms with E-state index in [1.54, 1.807) is 0 Å². The van der Waals surface area contributed by atoms with Gasteiger partial charge >= 0.3 is 420 Å². The van der Waals surface area contributed by atoms with Crippen LogP contribution in [0.2, 0.25) is 20.5 Å². The minimum absolute atomic E-state index is 0. The van der Waals surface area contributed by atoms with Gasteiger partial charge in [0.15, 0.2) is 0 Å². The molecule has 4 aromatic carbocycles. The Balaban J connectivity index is -0.0000000645. The summed E-state index contributed by atoms with van der Waals surface area (Å²) in [6.45, 7) is 53.0. The second-order valence-electron chi connectivity index (χ2n) is 19.3. The molecule has 0 saturated carbocycles. The normalized spacial score (nSPS) is 14.5. The van der Waals surface area contributed by atoms with E-state index in [0.29, 0.717) is 26.5 Å². The molecule has 30 heteroatoms. The quantitative estimate of drug-likeness (QED) is 0.134. The summed E-state index contributed by atoms with van der Waals surface area (Å²) >= 11 is 10.6. The van der Waals surface area contributed by atoms with Gasteiger partial charge in [-0.1, -0.05) is 199 Å². The maximum atomic E-state index is 8.97. The van der Waals surface area contributed by atoms with Crippen molar-refractivity contribution < 1.29 is 381 Å². The summed E-state index contributed by atoms with van der Waals surface area (Å²) in [5.41, 5.74) is 3.53. The predicted molar refractivity (Wildman–Crippen MR) is 374 cm³/mol. The fraction of sp³-hybridized carbons (Fsp3) is 0.579. The van der Waals surface area contributed by atoms with Crippen molar-refractivity contribution in [2.45, 2.75) is 220 Å². The fourth-order valence-electron chi connectivity index (χ4n) is 5.27. The first-order valence-corrected chi connectivity index (χ1v) is 52.5. The fourth-order valence-corrected chi connectivity index (χ4v) is 5.27. The summed E-state index contributed by atoms with van der Waals surface area (Å²) in [6.07, 6.45) is 0. The van der Waals surface area contributed by atoms with Gasteiger partial charge in [0.05, 0.1) is 33.6 Å². The molecule has 0 bridgehead atoms. The van der Waals surface area contributed by atoms with Crippen molar-refractivity contribution in [3.63, 3.8) is 0 Å². The van der Waals surface area contributed by atoms with Crippen molar-refractivity contribution in [1.29, 1.82) is 0 Å². The first-order valence-electron chi connectivity index (χ1n) is 27.4. The van der Waals surface area contributed by atoms with E-state index in [1.807, 2.05) is 190 Å². The van der Waals surface area contributed by atoms with Gasteiger partial charge in [-0.2, -0.15) is 0 Å². The number of rotatable bonds is 1. The van der Waals surface area contributed by atoms with E-state index in [1.165, 1.54) is 29.1 Å². The van der Waals surface area contributed by atoms with E-state index >= 15 is 0 Å². The Bertz CT molecular complexity index is 1680. The molecule has 3 heterocycles. The number of halogens is 6. The second kappa shape index (κ2) is 80.3. The number of hydrogen-bond acceptors (Lipinski definition) is 13. The molecular formula is C57H103B6I6O13Rb5-2. The summed E-state index contributed by atoms with van der Waals surface area (Å²) in [7, 11) is -6.77. The van der Waals surface area contributed by atoms with E-state index in [4.69, 9.17) is 63.1 Å². The van der Waals surface area contributed by atoms with Crippen LogP contribution in [0.3, 0.4) is 0 Å². The molecule has 13 nitrogen and oxygen atoms in total. The van der Waals surface area contributed by atoms with Crippen molar-refractivity contribution in [2.24, 2.45) is 0 Å². The van der Waals surface area contributed by atoms with E-state index in [-0.39, 0.29) is 332 Å². The summed E-state index contributed by atoms with van der Waals surface area (Å²) < 4.78 is 34.9. The SMILES string of the molecule is CB(O)O.CB([O-])[O-].CB1OC(C)(C)C(C)(C)O1.CC.CC.CC.CC.CC1(C)OB(B2OC(C)(C)C(C)(C)O2)OC1(C)C.Cc1ccccc1.Cc1ccccc1.Cc1ccccc1.Cc1ccccc1.I[I-]I.I[I-]I.[O-]B([O-])[O-].[Rb+].[Rb+].[Rb+].[Rb+].[Rb+]. The molecule has 7 rings (SSSR count). The van der Waals surface area contributed by atoms with Crippen molar-refractivity contribution in [2.75, 3.05) is 0 Å². The van der Waals surface area contributed by atoms with Gasteiger partial charge in [-0.15, -0.1) is 13.9 Å². The maximum Gasteiger partial charge on any atom is 1.00 e. The van der Waals surface area contributed by atoms with Crippen molar-refractivity contribution in [1.82, 2.24) is 0 Å². The maximum absolute atomic E-state index is 8.97. The molecule has 0 amide bonds. The Labute approximate surface area is 840 Å². The third kappa shape index (κ3) is 80.1. The molecule has 4 aromatic rings. The second-order valence-corrected chi connectivity index (χ2v) is 51.8. The Hall–Kier alpha value is 10.2.